The lowest BCUT2D eigenvalue weighted by atomic mass is 10.2. The summed E-state index contributed by atoms with van der Waals surface area (Å²) in [6.45, 7) is 3.66. The van der Waals surface area contributed by atoms with Gasteiger partial charge in [0.15, 0.2) is 0 Å². The number of amides is 1. The predicted molar refractivity (Wildman–Crippen MR) is 99.5 cm³/mol. The summed E-state index contributed by atoms with van der Waals surface area (Å²) in [5.74, 6) is -0.366. The Balaban J connectivity index is 2.11. The number of halogens is 2. The van der Waals surface area contributed by atoms with E-state index in [0.717, 1.165) is 0 Å². The van der Waals surface area contributed by atoms with Crippen LogP contribution in [0.3, 0.4) is 0 Å². The highest BCUT2D eigenvalue weighted by atomic mass is 35.5. The van der Waals surface area contributed by atoms with Crippen LogP contribution in [0.5, 0.6) is 0 Å². The molecule has 0 fully saturated rings. The van der Waals surface area contributed by atoms with Crippen LogP contribution in [0.1, 0.15) is 29.8 Å². The Kier molecular flexibility index (Phi) is 6.46. The summed E-state index contributed by atoms with van der Waals surface area (Å²) >= 11 is 11.8. The summed E-state index contributed by atoms with van der Waals surface area (Å²) in [5.41, 5.74) is 0.960. The average Bonchev–Trinajstić information content (AvgIpc) is 2.52. The van der Waals surface area contributed by atoms with Crippen LogP contribution in [0.25, 0.3) is 0 Å². The standard InChI is InChI=1S/C17H18Cl2N2O3S/c1-11(2)21-25(23,24)14-5-3-4-12(8-14)10-20-17(22)15-7-6-13(18)9-16(15)19/h3-9,11,21H,10H2,1-2H3,(H,20,22). The first-order valence-electron chi connectivity index (χ1n) is 7.53. The number of nitrogens with one attached hydrogen (secondary N) is 2. The van der Waals surface area contributed by atoms with Gasteiger partial charge in [0.25, 0.3) is 5.91 Å². The maximum atomic E-state index is 12.2. The molecule has 0 spiro atoms. The first-order chi connectivity index (χ1) is 11.7. The summed E-state index contributed by atoms with van der Waals surface area (Å²) in [7, 11) is -3.58. The van der Waals surface area contributed by atoms with E-state index in [2.05, 4.69) is 10.0 Å². The molecule has 2 N–H and O–H groups in total. The Morgan fingerprint density at radius 2 is 1.84 bits per heavy atom. The summed E-state index contributed by atoms with van der Waals surface area (Å²) in [6, 6.07) is 10.8. The third-order valence-corrected chi connectivity index (χ3v) is 5.43. The molecule has 2 rings (SSSR count). The number of rotatable bonds is 6. The molecule has 0 aliphatic carbocycles. The third kappa shape index (κ3) is 5.44. The molecule has 1 amide bonds. The highest BCUT2D eigenvalue weighted by Gasteiger charge is 2.16. The Hall–Kier alpha value is -1.60. The SMILES string of the molecule is CC(C)NS(=O)(=O)c1cccc(CNC(=O)c2ccc(Cl)cc2Cl)c1. The average molecular weight is 401 g/mol. The molecule has 25 heavy (non-hydrogen) atoms. The normalized spacial score (nSPS) is 11.6. The molecule has 0 aliphatic rings. The van der Waals surface area contributed by atoms with Crippen LogP contribution < -0.4 is 10.0 Å². The summed E-state index contributed by atoms with van der Waals surface area (Å²) in [4.78, 5) is 12.4. The number of hydrogen-bond acceptors (Lipinski definition) is 3. The fourth-order valence-corrected chi connectivity index (χ4v) is 3.97. The lowest BCUT2D eigenvalue weighted by Crippen LogP contribution is -2.30. The monoisotopic (exact) mass is 400 g/mol. The summed E-state index contributed by atoms with van der Waals surface area (Å²) in [6.07, 6.45) is 0. The van der Waals surface area contributed by atoms with E-state index in [4.69, 9.17) is 23.2 Å². The Labute approximate surface area is 157 Å². The Morgan fingerprint density at radius 1 is 1.12 bits per heavy atom. The zero-order valence-electron chi connectivity index (χ0n) is 13.7. The van der Waals surface area contributed by atoms with E-state index in [1.54, 1.807) is 32.0 Å². The lowest BCUT2D eigenvalue weighted by molar-refractivity contribution is 0.0951. The van der Waals surface area contributed by atoms with E-state index in [-0.39, 0.29) is 28.4 Å². The van der Waals surface area contributed by atoms with Gasteiger partial charge in [-0.2, -0.15) is 0 Å². The van der Waals surface area contributed by atoms with Gasteiger partial charge in [-0.05, 0) is 49.7 Å². The third-order valence-electron chi connectivity index (χ3n) is 3.23. The number of benzene rings is 2. The van der Waals surface area contributed by atoms with Crippen LogP contribution in [0.2, 0.25) is 10.0 Å². The van der Waals surface area contributed by atoms with Gasteiger partial charge in [-0.1, -0.05) is 35.3 Å². The predicted octanol–water partition coefficient (Wildman–Crippen LogP) is 3.61. The second kappa shape index (κ2) is 8.19. The molecule has 0 aliphatic heterocycles. The quantitative estimate of drug-likeness (QED) is 0.777. The van der Waals surface area contributed by atoms with Crippen molar-refractivity contribution in [3.05, 3.63) is 63.6 Å². The van der Waals surface area contributed by atoms with Gasteiger partial charge < -0.3 is 5.32 Å². The van der Waals surface area contributed by atoms with Gasteiger partial charge in [0.2, 0.25) is 10.0 Å². The van der Waals surface area contributed by atoms with E-state index in [9.17, 15) is 13.2 Å². The molecule has 8 heteroatoms. The topological polar surface area (TPSA) is 75.3 Å². The molecule has 0 saturated carbocycles. The maximum absolute atomic E-state index is 12.2. The largest absolute Gasteiger partial charge is 0.348 e. The van der Waals surface area contributed by atoms with Crippen molar-refractivity contribution in [2.24, 2.45) is 0 Å². The van der Waals surface area contributed by atoms with Gasteiger partial charge in [0, 0.05) is 17.6 Å². The zero-order valence-corrected chi connectivity index (χ0v) is 16.0. The van der Waals surface area contributed by atoms with Crippen molar-refractivity contribution in [1.29, 1.82) is 0 Å². The van der Waals surface area contributed by atoms with Crippen molar-refractivity contribution in [2.75, 3.05) is 0 Å². The molecule has 0 aromatic heterocycles. The molecular formula is C17H18Cl2N2O3S. The van der Waals surface area contributed by atoms with Crippen molar-refractivity contribution < 1.29 is 13.2 Å². The second-order valence-electron chi connectivity index (χ2n) is 5.73. The first kappa shape index (κ1) is 19.7. The number of carbonyl (C=O) groups is 1. The van der Waals surface area contributed by atoms with Gasteiger partial charge in [-0.3, -0.25) is 4.79 Å². The fourth-order valence-electron chi connectivity index (χ4n) is 2.15. The van der Waals surface area contributed by atoms with Crippen molar-refractivity contribution in [2.45, 2.75) is 31.3 Å². The minimum absolute atomic E-state index is 0.150. The fraction of sp³-hybridized carbons (Fsp3) is 0.235. The number of sulfonamides is 1. The number of hydrogen-bond donors (Lipinski definition) is 2. The molecule has 0 saturated heterocycles. The van der Waals surface area contributed by atoms with E-state index in [1.807, 2.05) is 0 Å². The minimum Gasteiger partial charge on any atom is -0.348 e. The van der Waals surface area contributed by atoms with Crippen LogP contribution in [-0.2, 0) is 16.6 Å². The van der Waals surface area contributed by atoms with Crippen molar-refractivity contribution in [3.63, 3.8) is 0 Å². The molecular weight excluding hydrogens is 383 g/mol. The van der Waals surface area contributed by atoms with Gasteiger partial charge >= 0.3 is 0 Å². The minimum atomic E-state index is -3.58. The molecule has 2 aromatic rings. The summed E-state index contributed by atoms with van der Waals surface area (Å²) < 4.78 is 26.9. The molecule has 0 atom stereocenters. The Bertz CT molecular complexity index is 883. The van der Waals surface area contributed by atoms with Crippen molar-refractivity contribution in [3.8, 4) is 0 Å². The van der Waals surface area contributed by atoms with Gasteiger partial charge in [0.05, 0.1) is 15.5 Å². The van der Waals surface area contributed by atoms with Crippen LogP contribution in [0.4, 0.5) is 0 Å². The molecule has 5 nitrogen and oxygen atoms in total. The lowest BCUT2D eigenvalue weighted by Gasteiger charge is -2.11. The highest BCUT2D eigenvalue weighted by Crippen LogP contribution is 2.21. The van der Waals surface area contributed by atoms with Gasteiger partial charge in [-0.15, -0.1) is 0 Å². The van der Waals surface area contributed by atoms with E-state index in [1.165, 1.54) is 24.3 Å². The van der Waals surface area contributed by atoms with Crippen molar-refractivity contribution >= 4 is 39.1 Å². The Morgan fingerprint density at radius 3 is 2.48 bits per heavy atom. The van der Waals surface area contributed by atoms with Crippen LogP contribution >= 0.6 is 23.2 Å². The zero-order chi connectivity index (χ0) is 18.6. The van der Waals surface area contributed by atoms with Gasteiger partial charge in [-0.25, -0.2) is 13.1 Å². The van der Waals surface area contributed by atoms with Gasteiger partial charge in [0.1, 0.15) is 0 Å². The first-order valence-corrected chi connectivity index (χ1v) is 9.77. The maximum Gasteiger partial charge on any atom is 0.253 e. The van der Waals surface area contributed by atoms with Crippen molar-refractivity contribution in [1.82, 2.24) is 10.0 Å². The molecule has 2 aromatic carbocycles. The number of carbonyl (C=O) groups excluding carboxylic acids is 1. The van der Waals surface area contributed by atoms with Crippen LogP contribution in [0.15, 0.2) is 47.4 Å². The van der Waals surface area contributed by atoms with E-state index >= 15 is 0 Å². The van der Waals surface area contributed by atoms with E-state index in [0.29, 0.717) is 16.1 Å². The molecule has 0 unspecified atom stereocenters. The van der Waals surface area contributed by atoms with Crippen LogP contribution in [0, 0.1) is 0 Å². The summed E-state index contributed by atoms with van der Waals surface area (Å²) in [5, 5.41) is 3.41. The highest BCUT2D eigenvalue weighted by molar-refractivity contribution is 7.89. The second-order valence-corrected chi connectivity index (χ2v) is 8.29. The molecule has 134 valence electrons. The smallest absolute Gasteiger partial charge is 0.253 e. The van der Waals surface area contributed by atoms with E-state index < -0.39 is 10.0 Å². The van der Waals surface area contributed by atoms with Crippen LogP contribution in [-0.4, -0.2) is 20.4 Å². The molecule has 0 bridgehead atoms. The molecule has 0 heterocycles. The molecule has 0 radical (unpaired) electrons.